The summed E-state index contributed by atoms with van der Waals surface area (Å²) in [6.07, 6.45) is 2.19. The number of benzene rings is 3. The Kier molecular flexibility index (Phi) is 10.1. The molecule has 1 atom stereocenters. The fraction of sp³-hybridized carbons (Fsp3) is 0.286. The Hall–Kier alpha value is -4.96. The topological polar surface area (TPSA) is 126 Å². The lowest BCUT2D eigenvalue weighted by atomic mass is 9.86. The number of hydrogen-bond donors (Lipinski definition) is 4. The average molecular weight is 614 g/mol. The quantitative estimate of drug-likeness (QED) is 0.215. The first-order chi connectivity index (χ1) is 21.2. The highest BCUT2D eigenvalue weighted by Gasteiger charge is 2.24. The van der Waals surface area contributed by atoms with Gasteiger partial charge in [0.2, 0.25) is 0 Å². The molecule has 5 N–H and O–H groups in total. The zero-order valence-electron chi connectivity index (χ0n) is 26.3. The molecule has 1 aliphatic heterocycles. The molecule has 10 heteroatoms. The van der Waals surface area contributed by atoms with Gasteiger partial charge in [0.1, 0.15) is 11.9 Å². The Morgan fingerprint density at radius 2 is 1.73 bits per heavy atom. The molecule has 0 spiro atoms. The number of nitrogens with zero attached hydrogens (tertiary/aromatic N) is 1. The number of likely N-dealkylation sites (N-methyl/N-ethyl adjacent to an activating group) is 1. The number of nitrogens with one attached hydrogen (secondary N) is 3. The molecule has 0 radical (unpaired) electrons. The van der Waals surface area contributed by atoms with Crippen molar-refractivity contribution in [3.63, 3.8) is 0 Å². The molecule has 1 aliphatic rings. The molecule has 3 amide bonds. The summed E-state index contributed by atoms with van der Waals surface area (Å²) in [7, 11) is 1.53. The number of nitrogens with two attached hydrogens (primary N) is 1. The van der Waals surface area contributed by atoms with Crippen LogP contribution in [0.25, 0.3) is 5.70 Å². The Morgan fingerprint density at radius 1 is 1.02 bits per heavy atom. The summed E-state index contributed by atoms with van der Waals surface area (Å²) in [4.78, 5) is 39.7. The lowest BCUT2D eigenvalue weighted by Crippen LogP contribution is -2.28. The van der Waals surface area contributed by atoms with E-state index in [1.54, 1.807) is 30.3 Å². The molecular weight excluding hydrogens is 573 g/mol. The lowest BCUT2D eigenvalue weighted by molar-refractivity contribution is -0.125. The fourth-order valence-corrected chi connectivity index (χ4v) is 4.87. The molecule has 1 unspecified atom stereocenters. The predicted molar refractivity (Wildman–Crippen MR) is 176 cm³/mol. The Balaban J connectivity index is 1.41. The molecule has 0 saturated carbocycles. The second-order valence-corrected chi connectivity index (χ2v) is 12.0. The normalized spacial score (nSPS) is 14.9. The van der Waals surface area contributed by atoms with Gasteiger partial charge < -0.3 is 31.3 Å². The summed E-state index contributed by atoms with van der Waals surface area (Å²) in [5.74, 6) is -1.78. The van der Waals surface area contributed by atoms with Gasteiger partial charge in [-0.05, 0) is 72.7 Å². The van der Waals surface area contributed by atoms with E-state index in [1.165, 1.54) is 36.3 Å². The zero-order valence-corrected chi connectivity index (χ0v) is 26.3. The van der Waals surface area contributed by atoms with Crippen molar-refractivity contribution in [3.05, 3.63) is 107 Å². The monoisotopic (exact) mass is 613 g/mol. The molecule has 45 heavy (non-hydrogen) atoms. The molecule has 0 bridgehead atoms. The van der Waals surface area contributed by atoms with E-state index in [2.05, 4.69) is 43.3 Å². The van der Waals surface area contributed by atoms with Gasteiger partial charge in [-0.2, -0.15) is 0 Å². The Morgan fingerprint density at radius 3 is 2.38 bits per heavy atom. The Labute approximate surface area is 263 Å². The molecule has 1 saturated heterocycles. The van der Waals surface area contributed by atoms with Gasteiger partial charge in [-0.25, -0.2) is 4.39 Å². The van der Waals surface area contributed by atoms with Crippen molar-refractivity contribution in [2.24, 2.45) is 5.73 Å². The smallest absolute Gasteiger partial charge is 0.273 e. The number of amides is 3. The van der Waals surface area contributed by atoms with E-state index in [0.717, 1.165) is 17.5 Å². The fourth-order valence-electron chi connectivity index (χ4n) is 4.87. The van der Waals surface area contributed by atoms with Crippen molar-refractivity contribution in [3.8, 4) is 0 Å². The van der Waals surface area contributed by atoms with Crippen LogP contribution in [-0.2, 0) is 19.7 Å². The van der Waals surface area contributed by atoms with E-state index < -0.39 is 23.7 Å². The molecule has 1 heterocycles. The van der Waals surface area contributed by atoms with Gasteiger partial charge in [-0.1, -0.05) is 51.6 Å². The van der Waals surface area contributed by atoms with E-state index >= 15 is 0 Å². The van der Waals surface area contributed by atoms with Crippen molar-refractivity contribution in [1.29, 1.82) is 0 Å². The van der Waals surface area contributed by atoms with Crippen LogP contribution in [0.2, 0.25) is 0 Å². The van der Waals surface area contributed by atoms with Crippen LogP contribution in [0.3, 0.4) is 0 Å². The van der Waals surface area contributed by atoms with Crippen molar-refractivity contribution < 1.29 is 23.5 Å². The van der Waals surface area contributed by atoms with Crippen LogP contribution in [0.5, 0.6) is 0 Å². The van der Waals surface area contributed by atoms with Gasteiger partial charge in [0, 0.05) is 42.4 Å². The molecule has 236 valence electrons. The molecule has 0 aromatic heterocycles. The maximum absolute atomic E-state index is 14.4. The number of rotatable bonds is 9. The summed E-state index contributed by atoms with van der Waals surface area (Å²) >= 11 is 0. The van der Waals surface area contributed by atoms with Crippen LogP contribution in [0.1, 0.15) is 60.7 Å². The molecule has 3 aromatic carbocycles. The van der Waals surface area contributed by atoms with Crippen LogP contribution < -0.4 is 21.7 Å². The summed E-state index contributed by atoms with van der Waals surface area (Å²) < 4.78 is 19.7. The molecule has 9 nitrogen and oxygen atoms in total. The third-order valence-corrected chi connectivity index (χ3v) is 7.56. The molecular formula is C35H40FN5O4. The van der Waals surface area contributed by atoms with Crippen molar-refractivity contribution >= 4 is 40.5 Å². The van der Waals surface area contributed by atoms with Crippen molar-refractivity contribution in [2.45, 2.75) is 52.1 Å². The standard InChI is InChI=1S/C35H40FN5O4/c1-21-26(9-7-10-29(21)39-32(42)23-12-14-24(15-13-23)35(3,4)5)28(37)20-41(6)34(44)22(2)38-25-16-17-27(36)30(19-25)40-33(43)31-11-8-18-45-31/h7,9-10,12-17,19-20,31,38H,2,8,11,18,37H2,1,3-6H3,(H,39,42)(H,40,43)/b28-20-. The van der Waals surface area contributed by atoms with Gasteiger partial charge in [-0.3, -0.25) is 14.4 Å². The summed E-state index contributed by atoms with van der Waals surface area (Å²) in [6, 6.07) is 16.9. The first-order valence-electron chi connectivity index (χ1n) is 14.7. The largest absolute Gasteiger partial charge is 0.397 e. The van der Waals surface area contributed by atoms with E-state index in [4.69, 9.17) is 10.5 Å². The second kappa shape index (κ2) is 13.8. The van der Waals surface area contributed by atoms with Crippen LogP contribution >= 0.6 is 0 Å². The van der Waals surface area contributed by atoms with Crippen molar-refractivity contribution in [1.82, 2.24) is 4.90 Å². The van der Waals surface area contributed by atoms with Crippen LogP contribution in [-0.4, -0.2) is 42.4 Å². The molecule has 4 rings (SSSR count). The van der Waals surface area contributed by atoms with Crippen LogP contribution in [0.15, 0.2) is 79.1 Å². The number of carbonyl (C=O) groups excluding carboxylic acids is 3. The summed E-state index contributed by atoms with van der Waals surface area (Å²) in [5.41, 5.74) is 10.6. The highest BCUT2D eigenvalue weighted by molar-refractivity contribution is 6.05. The minimum atomic E-state index is -0.621. The van der Waals surface area contributed by atoms with Gasteiger partial charge >= 0.3 is 0 Å². The van der Waals surface area contributed by atoms with Gasteiger partial charge in [0.15, 0.2) is 0 Å². The molecule has 0 aliphatic carbocycles. The maximum atomic E-state index is 14.4. The zero-order chi connectivity index (χ0) is 32.9. The van der Waals surface area contributed by atoms with Gasteiger partial charge in [-0.15, -0.1) is 0 Å². The van der Waals surface area contributed by atoms with E-state index in [1.807, 2.05) is 19.1 Å². The predicted octanol–water partition coefficient (Wildman–Crippen LogP) is 6.14. The minimum absolute atomic E-state index is 0.000207. The van der Waals surface area contributed by atoms with Crippen LogP contribution in [0, 0.1) is 12.7 Å². The number of ether oxygens (including phenoxy) is 1. The van der Waals surface area contributed by atoms with E-state index in [9.17, 15) is 18.8 Å². The first kappa shape index (κ1) is 32.9. The third-order valence-electron chi connectivity index (χ3n) is 7.56. The van der Waals surface area contributed by atoms with Crippen molar-refractivity contribution in [2.75, 3.05) is 29.6 Å². The van der Waals surface area contributed by atoms with Gasteiger partial charge in [0.25, 0.3) is 17.7 Å². The third kappa shape index (κ3) is 8.16. The highest BCUT2D eigenvalue weighted by atomic mass is 19.1. The number of halogens is 1. The van der Waals surface area contributed by atoms with E-state index in [-0.39, 0.29) is 22.7 Å². The van der Waals surface area contributed by atoms with Gasteiger partial charge in [0.05, 0.1) is 17.1 Å². The summed E-state index contributed by atoms with van der Waals surface area (Å²) in [5, 5.41) is 8.36. The van der Waals surface area contributed by atoms with Crippen LogP contribution in [0.4, 0.5) is 21.5 Å². The number of anilines is 3. The maximum Gasteiger partial charge on any atom is 0.273 e. The molecule has 1 fully saturated rings. The minimum Gasteiger partial charge on any atom is -0.397 e. The Bertz CT molecular complexity index is 1640. The SMILES string of the molecule is C=C(Nc1ccc(F)c(NC(=O)C2CCCO2)c1)C(=O)N(C)/C=C(\N)c1cccc(NC(=O)c2ccc(C(C)(C)C)cc2)c1C. The second-order valence-electron chi connectivity index (χ2n) is 12.0. The molecule has 3 aromatic rings. The first-order valence-corrected chi connectivity index (χ1v) is 14.7. The highest BCUT2D eigenvalue weighted by Crippen LogP contribution is 2.26. The number of hydrogen-bond acceptors (Lipinski definition) is 6. The number of carbonyl (C=O) groups is 3. The van der Waals surface area contributed by atoms with E-state index in [0.29, 0.717) is 41.2 Å². The lowest BCUT2D eigenvalue weighted by Gasteiger charge is -2.19. The average Bonchev–Trinajstić information content (AvgIpc) is 3.54. The summed E-state index contributed by atoms with van der Waals surface area (Å²) in [6.45, 7) is 12.5.